The molecule has 1 unspecified atom stereocenters. The van der Waals surface area contributed by atoms with E-state index in [1.54, 1.807) is 30.5 Å². The average molecular weight is 378 g/mol. The number of nitrogens with one attached hydrogen (secondary N) is 1. The smallest absolute Gasteiger partial charge is 0.333 e. The first kappa shape index (κ1) is 19.4. The maximum absolute atomic E-state index is 12.3. The van der Waals surface area contributed by atoms with E-state index >= 15 is 0 Å². The lowest BCUT2D eigenvalue weighted by molar-refractivity contribution is -0.145. The van der Waals surface area contributed by atoms with E-state index < -0.39 is 12.0 Å². The molecule has 1 amide bonds. The Morgan fingerprint density at radius 2 is 1.82 bits per heavy atom. The lowest BCUT2D eigenvalue weighted by Crippen LogP contribution is -2.34. The normalized spacial score (nSPS) is 11.6. The molecule has 1 atom stereocenters. The molecule has 1 aromatic heterocycles. The molecule has 1 heterocycles. The average Bonchev–Trinajstić information content (AvgIpc) is 3.20. The molecule has 0 spiro atoms. The number of nitrogens with zero attached hydrogens (tertiary/aromatic N) is 1. The van der Waals surface area contributed by atoms with Crippen molar-refractivity contribution < 1.29 is 18.7 Å². The lowest BCUT2D eigenvalue weighted by Gasteiger charge is -2.16. The van der Waals surface area contributed by atoms with Gasteiger partial charge in [0.05, 0.1) is 13.3 Å². The van der Waals surface area contributed by atoms with Crippen molar-refractivity contribution in [2.45, 2.75) is 25.8 Å². The zero-order valence-electron chi connectivity index (χ0n) is 15.8. The minimum atomic E-state index is -0.841. The van der Waals surface area contributed by atoms with E-state index in [0.29, 0.717) is 23.6 Å². The van der Waals surface area contributed by atoms with E-state index in [9.17, 15) is 9.59 Å². The molecule has 0 aliphatic heterocycles. The zero-order valence-corrected chi connectivity index (χ0v) is 15.8. The molecular formula is C22H22N2O4. The SMILES string of the molecule is COC(=O)C(NC(=O)CCc1ncc(-c2ccc(C)cc2)o1)c1ccccc1. The number of carbonyl (C=O) groups is 2. The van der Waals surface area contributed by atoms with Gasteiger partial charge < -0.3 is 14.5 Å². The van der Waals surface area contributed by atoms with Crippen LogP contribution in [0.1, 0.15) is 29.5 Å². The standard InChI is InChI=1S/C22H22N2O4/c1-15-8-10-16(11-9-15)18-14-23-20(28-18)13-12-19(25)24-21(22(26)27-2)17-6-4-3-5-7-17/h3-11,14,21H,12-13H2,1-2H3,(H,24,25). The predicted molar refractivity (Wildman–Crippen MR) is 104 cm³/mol. The largest absolute Gasteiger partial charge is 0.467 e. The van der Waals surface area contributed by atoms with E-state index in [1.165, 1.54) is 12.7 Å². The first-order valence-corrected chi connectivity index (χ1v) is 9.00. The summed E-state index contributed by atoms with van der Waals surface area (Å²) in [6, 6.07) is 16.1. The van der Waals surface area contributed by atoms with Crippen LogP contribution in [-0.4, -0.2) is 24.0 Å². The van der Waals surface area contributed by atoms with Gasteiger partial charge in [0.15, 0.2) is 17.7 Å². The Hall–Kier alpha value is -3.41. The molecule has 0 bridgehead atoms. The zero-order chi connectivity index (χ0) is 19.9. The molecule has 2 aromatic carbocycles. The van der Waals surface area contributed by atoms with Gasteiger partial charge in [-0.05, 0) is 12.5 Å². The van der Waals surface area contributed by atoms with E-state index in [2.05, 4.69) is 10.3 Å². The van der Waals surface area contributed by atoms with Gasteiger partial charge in [0.1, 0.15) is 0 Å². The Labute approximate surface area is 163 Å². The Morgan fingerprint density at radius 3 is 2.50 bits per heavy atom. The highest BCUT2D eigenvalue weighted by Gasteiger charge is 2.23. The summed E-state index contributed by atoms with van der Waals surface area (Å²) in [5, 5.41) is 2.72. The number of rotatable bonds is 7. The third-order valence-electron chi connectivity index (χ3n) is 4.33. The van der Waals surface area contributed by atoms with Crippen molar-refractivity contribution in [1.82, 2.24) is 10.3 Å². The van der Waals surface area contributed by atoms with Crippen LogP contribution < -0.4 is 5.32 Å². The Kier molecular flexibility index (Phi) is 6.22. The van der Waals surface area contributed by atoms with Gasteiger partial charge in [-0.2, -0.15) is 0 Å². The van der Waals surface area contributed by atoms with Crippen LogP contribution >= 0.6 is 0 Å². The Bertz CT molecular complexity index is 933. The molecule has 0 saturated carbocycles. The summed E-state index contributed by atoms with van der Waals surface area (Å²) >= 11 is 0. The van der Waals surface area contributed by atoms with Crippen molar-refractivity contribution in [1.29, 1.82) is 0 Å². The van der Waals surface area contributed by atoms with Gasteiger partial charge >= 0.3 is 5.97 Å². The number of hydrogen-bond acceptors (Lipinski definition) is 5. The number of amides is 1. The third-order valence-corrected chi connectivity index (χ3v) is 4.33. The molecule has 28 heavy (non-hydrogen) atoms. The maximum Gasteiger partial charge on any atom is 0.333 e. The molecule has 3 aromatic rings. The van der Waals surface area contributed by atoms with Crippen LogP contribution in [-0.2, 0) is 20.7 Å². The highest BCUT2D eigenvalue weighted by Crippen LogP contribution is 2.21. The fourth-order valence-corrected chi connectivity index (χ4v) is 2.77. The second kappa shape index (κ2) is 8.99. The van der Waals surface area contributed by atoms with E-state index in [4.69, 9.17) is 9.15 Å². The van der Waals surface area contributed by atoms with Crippen molar-refractivity contribution in [2.24, 2.45) is 0 Å². The summed E-state index contributed by atoms with van der Waals surface area (Å²) < 4.78 is 10.5. The topological polar surface area (TPSA) is 81.4 Å². The summed E-state index contributed by atoms with van der Waals surface area (Å²) in [5.41, 5.74) is 2.77. The number of benzene rings is 2. The summed E-state index contributed by atoms with van der Waals surface area (Å²) in [6.07, 6.45) is 2.13. The minimum Gasteiger partial charge on any atom is -0.467 e. The molecule has 0 fully saturated rings. The molecule has 1 N–H and O–H groups in total. The van der Waals surface area contributed by atoms with E-state index in [0.717, 1.165) is 5.56 Å². The Balaban J connectivity index is 1.60. The fourth-order valence-electron chi connectivity index (χ4n) is 2.77. The van der Waals surface area contributed by atoms with Crippen LogP contribution in [0.3, 0.4) is 0 Å². The number of carbonyl (C=O) groups excluding carboxylic acids is 2. The van der Waals surface area contributed by atoms with Crippen molar-refractivity contribution >= 4 is 11.9 Å². The predicted octanol–water partition coefficient (Wildman–Crippen LogP) is 3.61. The molecular weight excluding hydrogens is 356 g/mol. The number of oxazole rings is 1. The highest BCUT2D eigenvalue weighted by atomic mass is 16.5. The molecule has 0 aliphatic rings. The van der Waals surface area contributed by atoms with Gasteiger partial charge in [0.2, 0.25) is 5.91 Å². The summed E-state index contributed by atoms with van der Waals surface area (Å²) in [4.78, 5) is 28.6. The molecule has 6 nitrogen and oxygen atoms in total. The van der Waals surface area contributed by atoms with Crippen molar-refractivity contribution in [2.75, 3.05) is 7.11 Å². The van der Waals surface area contributed by atoms with Gasteiger partial charge in [0.25, 0.3) is 0 Å². The third kappa shape index (κ3) is 4.85. The number of esters is 1. The summed E-state index contributed by atoms with van der Waals surface area (Å²) in [5.74, 6) is 0.332. The van der Waals surface area contributed by atoms with E-state index in [1.807, 2.05) is 37.3 Å². The lowest BCUT2D eigenvalue weighted by atomic mass is 10.1. The van der Waals surface area contributed by atoms with Crippen LogP contribution in [0.25, 0.3) is 11.3 Å². The summed E-state index contributed by atoms with van der Waals surface area (Å²) in [6.45, 7) is 2.02. The molecule has 3 rings (SSSR count). The fraction of sp³-hybridized carbons (Fsp3) is 0.227. The number of aromatic nitrogens is 1. The van der Waals surface area contributed by atoms with Gasteiger partial charge in [0, 0.05) is 18.4 Å². The number of aryl methyl sites for hydroxylation is 2. The maximum atomic E-state index is 12.3. The monoisotopic (exact) mass is 378 g/mol. The molecule has 0 aliphatic carbocycles. The Morgan fingerprint density at radius 1 is 1.11 bits per heavy atom. The van der Waals surface area contributed by atoms with Crippen LogP contribution in [0.5, 0.6) is 0 Å². The number of hydrogen-bond donors (Lipinski definition) is 1. The first-order chi connectivity index (χ1) is 13.6. The van der Waals surface area contributed by atoms with Crippen molar-refractivity contribution in [3.8, 4) is 11.3 Å². The van der Waals surface area contributed by atoms with Crippen LogP contribution in [0, 0.1) is 6.92 Å². The quantitative estimate of drug-likeness (QED) is 0.635. The van der Waals surface area contributed by atoms with Crippen LogP contribution in [0.4, 0.5) is 0 Å². The van der Waals surface area contributed by atoms with Gasteiger partial charge in [-0.1, -0.05) is 60.2 Å². The molecule has 0 saturated heterocycles. The van der Waals surface area contributed by atoms with Crippen LogP contribution in [0.2, 0.25) is 0 Å². The van der Waals surface area contributed by atoms with Gasteiger partial charge in [-0.3, -0.25) is 4.79 Å². The van der Waals surface area contributed by atoms with Gasteiger partial charge in [-0.15, -0.1) is 0 Å². The van der Waals surface area contributed by atoms with E-state index in [-0.39, 0.29) is 12.3 Å². The summed E-state index contributed by atoms with van der Waals surface area (Å²) in [7, 11) is 1.30. The highest BCUT2D eigenvalue weighted by molar-refractivity contribution is 5.85. The number of methoxy groups -OCH3 is 1. The second-order valence-electron chi connectivity index (χ2n) is 6.42. The first-order valence-electron chi connectivity index (χ1n) is 9.00. The number of ether oxygens (including phenoxy) is 1. The van der Waals surface area contributed by atoms with Crippen molar-refractivity contribution in [3.05, 3.63) is 77.8 Å². The van der Waals surface area contributed by atoms with Crippen LogP contribution in [0.15, 0.2) is 65.2 Å². The van der Waals surface area contributed by atoms with Crippen molar-refractivity contribution in [3.63, 3.8) is 0 Å². The molecule has 0 radical (unpaired) electrons. The molecule has 144 valence electrons. The molecule has 6 heteroatoms. The second-order valence-corrected chi connectivity index (χ2v) is 6.42. The minimum absolute atomic E-state index is 0.147. The van der Waals surface area contributed by atoms with Gasteiger partial charge in [-0.25, -0.2) is 9.78 Å².